The lowest BCUT2D eigenvalue weighted by molar-refractivity contribution is 0.901. The van der Waals surface area contributed by atoms with Crippen LogP contribution in [0.4, 0.5) is 5.82 Å². The molecule has 0 saturated heterocycles. The zero-order valence-electron chi connectivity index (χ0n) is 14.7. The maximum absolute atomic E-state index is 6.12. The number of rotatable bonds is 5. The molecule has 4 heterocycles. The molecule has 0 aliphatic heterocycles. The Labute approximate surface area is 178 Å². The molecule has 0 radical (unpaired) electrons. The average molecular weight is 443 g/mol. The van der Waals surface area contributed by atoms with Crippen LogP contribution in [-0.4, -0.2) is 35.0 Å². The summed E-state index contributed by atoms with van der Waals surface area (Å²) in [6, 6.07) is 12.8. The van der Waals surface area contributed by atoms with Crippen LogP contribution in [0.1, 0.15) is 5.82 Å². The van der Waals surface area contributed by atoms with Gasteiger partial charge in [0.05, 0.1) is 11.4 Å². The van der Waals surface area contributed by atoms with Crippen molar-refractivity contribution >= 4 is 46.0 Å². The first-order valence-corrected chi connectivity index (χ1v) is 10.2. The number of H-pyrrole nitrogens is 1. The number of hydrogen-bond acceptors (Lipinski definition) is 7. The largest absolute Gasteiger partial charge is 0.361 e. The van der Waals surface area contributed by atoms with Gasteiger partial charge >= 0.3 is 0 Å². The molecule has 0 aliphatic carbocycles. The highest BCUT2D eigenvalue weighted by Gasteiger charge is 2.12. The Bertz CT molecular complexity index is 1270. The molecule has 2 N–H and O–H groups in total. The molecule has 0 amide bonds. The minimum Gasteiger partial charge on any atom is -0.361 e. The van der Waals surface area contributed by atoms with Crippen LogP contribution < -0.4 is 5.32 Å². The van der Waals surface area contributed by atoms with Crippen molar-refractivity contribution in [2.75, 3.05) is 5.32 Å². The van der Waals surface area contributed by atoms with Crippen LogP contribution in [0.3, 0.4) is 0 Å². The number of thiophene rings is 1. The summed E-state index contributed by atoms with van der Waals surface area (Å²) in [6.45, 7) is 0.442. The summed E-state index contributed by atoms with van der Waals surface area (Å²) in [7, 11) is 0. The zero-order chi connectivity index (χ0) is 19.8. The second kappa shape index (κ2) is 7.43. The lowest BCUT2D eigenvalue weighted by atomic mass is 10.2. The number of nitrogens with zero attached hydrogens (tertiary/aromatic N) is 6. The summed E-state index contributed by atoms with van der Waals surface area (Å²) in [5, 5.41) is 26.4. The maximum Gasteiger partial charge on any atom is 0.191 e. The van der Waals surface area contributed by atoms with Crippen LogP contribution >= 0.6 is 34.5 Å². The van der Waals surface area contributed by atoms with Gasteiger partial charge in [0.1, 0.15) is 11.6 Å². The number of halogens is 2. The zero-order valence-corrected chi connectivity index (χ0v) is 17.0. The summed E-state index contributed by atoms with van der Waals surface area (Å²) in [5.41, 5.74) is 1.34. The van der Waals surface area contributed by atoms with Crippen LogP contribution in [-0.2, 0) is 6.54 Å². The van der Waals surface area contributed by atoms with E-state index in [0.29, 0.717) is 45.5 Å². The summed E-state index contributed by atoms with van der Waals surface area (Å²) in [5.74, 6) is 2.58. The van der Waals surface area contributed by atoms with Crippen LogP contribution in [0.2, 0.25) is 10.0 Å². The Balaban J connectivity index is 1.40. The van der Waals surface area contributed by atoms with Crippen molar-refractivity contribution in [3.05, 3.63) is 63.7 Å². The first-order chi connectivity index (χ1) is 14.2. The molecular weight excluding hydrogens is 431 g/mol. The molecule has 0 saturated carbocycles. The van der Waals surface area contributed by atoms with E-state index in [-0.39, 0.29) is 0 Å². The molecule has 11 heteroatoms. The molecule has 0 spiro atoms. The van der Waals surface area contributed by atoms with Crippen molar-refractivity contribution in [2.24, 2.45) is 0 Å². The van der Waals surface area contributed by atoms with E-state index in [1.165, 1.54) is 0 Å². The van der Waals surface area contributed by atoms with Gasteiger partial charge < -0.3 is 5.32 Å². The van der Waals surface area contributed by atoms with E-state index in [2.05, 4.69) is 35.8 Å². The summed E-state index contributed by atoms with van der Waals surface area (Å²) in [6.07, 6.45) is 0. The standard InChI is InChI=1S/C18H12Cl2N8S/c19-11-6-10(7-12(20)8-11)18-26-24-16-4-3-14(27-28(16)18)21-9-15-22-17(25-23-15)13-2-1-5-29-13/h1-8H,9H2,(H,21,27)(H,22,23,25). The van der Waals surface area contributed by atoms with Gasteiger partial charge in [-0.25, -0.2) is 4.98 Å². The molecule has 0 fully saturated rings. The van der Waals surface area contributed by atoms with Crippen molar-refractivity contribution in [1.29, 1.82) is 0 Å². The van der Waals surface area contributed by atoms with E-state index in [9.17, 15) is 0 Å². The second-order valence-electron chi connectivity index (χ2n) is 6.11. The maximum atomic E-state index is 6.12. The van der Waals surface area contributed by atoms with E-state index >= 15 is 0 Å². The Morgan fingerprint density at radius 3 is 2.72 bits per heavy atom. The van der Waals surface area contributed by atoms with Crippen LogP contribution in [0.25, 0.3) is 27.7 Å². The Morgan fingerprint density at radius 1 is 1.07 bits per heavy atom. The van der Waals surface area contributed by atoms with Crippen LogP contribution in [0.15, 0.2) is 47.8 Å². The van der Waals surface area contributed by atoms with E-state index in [0.717, 1.165) is 10.4 Å². The molecule has 0 aliphatic rings. The Hall–Kier alpha value is -3.01. The lowest BCUT2D eigenvalue weighted by Gasteiger charge is -2.05. The Morgan fingerprint density at radius 2 is 1.93 bits per heavy atom. The molecule has 29 heavy (non-hydrogen) atoms. The smallest absolute Gasteiger partial charge is 0.191 e. The molecule has 1 aromatic carbocycles. The van der Waals surface area contributed by atoms with Gasteiger partial charge in [0.2, 0.25) is 0 Å². The van der Waals surface area contributed by atoms with E-state index in [1.807, 2.05) is 29.6 Å². The topological polar surface area (TPSA) is 96.7 Å². The van der Waals surface area contributed by atoms with Gasteiger partial charge in [0.15, 0.2) is 17.3 Å². The minimum atomic E-state index is 0.442. The fourth-order valence-electron chi connectivity index (χ4n) is 2.81. The first kappa shape index (κ1) is 18.0. The summed E-state index contributed by atoms with van der Waals surface area (Å²) >= 11 is 13.8. The summed E-state index contributed by atoms with van der Waals surface area (Å²) in [4.78, 5) is 5.51. The highest BCUT2D eigenvalue weighted by Crippen LogP contribution is 2.26. The third kappa shape index (κ3) is 3.67. The number of benzene rings is 1. The normalized spacial score (nSPS) is 11.2. The predicted octanol–water partition coefficient (Wildman–Crippen LogP) is 4.56. The molecule has 5 rings (SSSR count). The van der Waals surface area contributed by atoms with Crippen LogP contribution in [0.5, 0.6) is 0 Å². The van der Waals surface area contributed by atoms with Crippen molar-refractivity contribution in [3.63, 3.8) is 0 Å². The number of anilines is 1. The number of fused-ring (bicyclic) bond motifs is 1. The second-order valence-corrected chi connectivity index (χ2v) is 7.93. The highest BCUT2D eigenvalue weighted by atomic mass is 35.5. The molecule has 8 nitrogen and oxygen atoms in total. The van der Waals surface area contributed by atoms with E-state index in [4.69, 9.17) is 23.2 Å². The number of aromatic nitrogens is 7. The van der Waals surface area contributed by atoms with Gasteiger partial charge in [-0.15, -0.1) is 26.6 Å². The molecular formula is C18H12Cl2N8S. The van der Waals surface area contributed by atoms with Gasteiger partial charge in [0, 0.05) is 15.6 Å². The fraction of sp³-hybridized carbons (Fsp3) is 0.0556. The first-order valence-electron chi connectivity index (χ1n) is 8.54. The lowest BCUT2D eigenvalue weighted by Crippen LogP contribution is -2.06. The van der Waals surface area contributed by atoms with Crippen molar-refractivity contribution < 1.29 is 0 Å². The number of hydrogen-bond donors (Lipinski definition) is 2. The van der Waals surface area contributed by atoms with Gasteiger partial charge in [-0.05, 0) is 41.8 Å². The van der Waals surface area contributed by atoms with Gasteiger partial charge in [-0.2, -0.15) is 9.61 Å². The molecule has 5 aromatic rings. The van der Waals surface area contributed by atoms with Gasteiger partial charge in [0.25, 0.3) is 0 Å². The molecule has 0 atom stereocenters. The molecule has 144 valence electrons. The van der Waals surface area contributed by atoms with Crippen molar-refractivity contribution in [1.82, 2.24) is 35.0 Å². The third-order valence-corrected chi connectivity index (χ3v) is 5.40. The average Bonchev–Trinajstić information content (AvgIpc) is 3.44. The van der Waals surface area contributed by atoms with Crippen molar-refractivity contribution in [2.45, 2.75) is 6.54 Å². The van der Waals surface area contributed by atoms with E-state index < -0.39 is 0 Å². The predicted molar refractivity (Wildman–Crippen MR) is 113 cm³/mol. The number of aromatic amines is 1. The fourth-order valence-corrected chi connectivity index (χ4v) is 3.99. The SMILES string of the molecule is Clc1cc(Cl)cc(-c2nnc3ccc(NCc4nc(-c5cccs5)n[nH]4)nn23)c1. The minimum absolute atomic E-state index is 0.442. The Kier molecular flexibility index (Phi) is 4.62. The summed E-state index contributed by atoms with van der Waals surface area (Å²) < 4.78 is 1.64. The molecule has 0 bridgehead atoms. The quantitative estimate of drug-likeness (QED) is 0.414. The highest BCUT2D eigenvalue weighted by molar-refractivity contribution is 7.13. The molecule has 4 aromatic heterocycles. The van der Waals surface area contributed by atoms with Crippen LogP contribution in [0, 0.1) is 0 Å². The third-order valence-electron chi connectivity index (χ3n) is 4.09. The van der Waals surface area contributed by atoms with Crippen molar-refractivity contribution in [3.8, 4) is 22.1 Å². The van der Waals surface area contributed by atoms with Gasteiger partial charge in [-0.1, -0.05) is 29.3 Å². The van der Waals surface area contributed by atoms with E-state index in [1.54, 1.807) is 34.1 Å². The number of nitrogens with one attached hydrogen (secondary N) is 2. The monoisotopic (exact) mass is 442 g/mol. The molecule has 0 unspecified atom stereocenters. The van der Waals surface area contributed by atoms with Gasteiger partial charge in [-0.3, -0.25) is 5.10 Å².